The molecule has 0 saturated heterocycles. The van der Waals surface area contributed by atoms with Gasteiger partial charge in [0.05, 0.1) is 21.4 Å². The van der Waals surface area contributed by atoms with Crippen molar-refractivity contribution < 1.29 is 9.72 Å². The second-order valence-corrected chi connectivity index (χ2v) is 9.42. The van der Waals surface area contributed by atoms with Gasteiger partial charge < -0.3 is 5.32 Å². The minimum Gasteiger partial charge on any atom is -0.325 e. The van der Waals surface area contributed by atoms with Crippen LogP contribution in [0.4, 0.5) is 11.4 Å². The summed E-state index contributed by atoms with van der Waals surface area (Å²) in [6.07, 6.45) is 0. The highest BCUT2D eigenvalue weighted by Gasteiger charge is 2.22. The van der Waals surface area contributed by atoms with Crippen LogP contribution in [0.15, 0.2) is 90.0 Å². The molecule has 0 aliphatic heterocycles. The molecule has 0 radical (unpaired) electrons. The van der Waals surface area contributed by atoms with Crippen molar-refractivity contribution >= 4 is 29.0 Å². The number of carbonyl (C=O) groups is 1. The molecule has 1 amide bonds. The number of nitrogens with zero attached hydrogens (tertiary/aromatic N) is 3. The van der Waals surface area contributed by atoms with Crippen LogP contribution < -0.4 is 5.32 Å². The number of nitrogens with one attached hydrogen (secondary N) is 1. The van der Waals surface area contributed by atoms with E-state index >= 15 is 0 Å². The van der Waals surface area contributed by atoms with E-state index in [4.69, 9.17) is 4.98 Å². The highest BCUT2D eigenvalue weighted by Crippen LogP contribution is 2.36. The van der Waals surface area contributed by atoms with E-state index in [0.717, 1.165) is 16.7 Å². The summed E-state index contributed by atoms with van der Waals surface area (Å²) in [5.41, 5.74) is 4.36. The Morgan fingerprint density at radius 2 is 1.67 bits per heavy atom. The maximum atomic E-state index is 13.0. The summed E-state index contributed by atoms with van der Waals surface area (Å²) in [5, 5.41) is 23.9. The molecular formula is C28H22N4O3S. The Kier molecular flexibility index (Phi) is 7.42. The van der Waals surface area contributed by atoms with E-state index in [1.54, 1.807) is 26.0 Å². The van der Waals surface area contributed by atoms with Gasteiger partial charge in [0.1, 0.15) is 11.1 Å². The lowest BCUT2D eigenvalue weighted by Crippen LogP contribution is -2.22. The first-order valence-corrected chi connectivity index (χ1v) is 12.0. The Bertz CT molecular complexity index is 1470. The Hall–Kier alpha value is -4.48. The number of thioether (sulfide) groups is 1. The largest absolute Gasteiger partial charge is 0.325 e. The van der Waals surface area contributed by atoms with E-state index < -0.39 is 10.2 Å². The Morgan fingerprint density at radius 1 is 1.03 bits per heavy atom. The molecule has 36 heavy (non-hydrogen) atoms. The number of nitro benzene ring substituents is 1. The van der Waals surface area contributed by atoms with E-state index in [0.29, 0.717) is 27.5 Å². The molecule has 0 aliphatic carbocycles. The molecule has 0 spiro atoms. The van der Waals surface area contributed by atoms with E-state index in [9.17, 15) is 20.2 Å². The first kappa shape index (κ1) is 24.6. The SMILES string of the molecule is Cc1ccc(NC(=O)C(C)Sc2nc(-c3ccccc3)cc(-c3ccccc3)c2C#N)cc1[N+](=O)[O-]. The number of aryl methyl sites for hydroxylation is 1. The Morgan fingerprint density at radius 3 is 2.28 bits per heavy atom. The van der Waals surface area contributed by atoms with Crippen LogP contribution in [0, 0.1) is 28.4 Å². The molecule has 3 aromatic carbocycles. The number of nitro groups is 1. The summed E-state index contributed by atoms with van der Waals surface area (Å²) in [4.78, 5) is 28.5. The van der Waals surface area contributed by atoms with Crippen molar-refractivity contribution in [3.8, 4) is 28.5 Å². The van der Waals surface area contributed by atoms with Crippen molar-refractivity contribution in [2.75, 3.05) is 5.32 Å². The smallest absolute Gasteiger partial charge is 0.274 e. The number of anilines is 1. The monoisotopic (exact) mass is 494 g/mol. The number of nitriles is 1. The van der Waals surface area contributed by atoms with Crippen molar-refractivity contribution in [2.24, 2.45) is 0 Å². The first-order valence-electron chi connectivity index (χ1n) is 11.2. The van der Waals surface area contributed by atoms with Gasteiger partial charge in [-0.05, 0) is 31.5 Å². The van der Waals surface area contributed by atoms with Gasteiger partial charge in [-0.25, -0.2) is 4.98 Å². The molecule has 8 heteroatoms. The fourth-order valence-corrected chi connectivity index (χ4v) is 4.59. The van der Waals surface area contributed by atoms with Gasteiger partial charge in [-0.2, -0.15) is 5.26 Å². The molecule has 1 heterocycles. The Balaban J connectivity index is 1.69. The van der Waals surface area contributed by atoms with Crippen LogP contribution in [0.25, 0.3) is 22.4 Å². The molecule has 7 nitrogen and oxygen atoms in total. The number of carbonyl (C=O) groups excluding carboxylic acids is 1. The summed E-state index contributed by atoms with van der Waals surface area (Å²) in [5.74, 6) is -0.352. The van der Waals surface area contributed by atoms with Crippen LogP contribution in [0.2, 0.25) is 0 Å². The van der Waals surface area contributed by atoms with Crippen molar-refractivity contribution in [1.29, 1.82) is 5.26 Å². The number of rotatable bonds is 7. The van der Waals surface area contributed by atoms with Gasteiger partial charge in [0.15, 0.2) is 0 Å². The third-order valence-electron chi connectivity index (χ3n) is 5.58. The molecule has 1 unspecified atom stereocenters. The molecule has 178 valence electrons. The molecule has 1 N–H and O–H groups in total. The standard InChI is InChI=1S/C28H22N4O3S/c1-18-13-14-22(15-26(18)32(34)35)30-27(33)19(2)36-28-24(17-29)23(20-9-5-3-6-10-20)16-25(31-28)21-11-7-4-8-12-21/h3-16,19H,1-2H3,(H,30,33). The van der Waals surface area contributed by atoms with Crippen LogP contribution in [0.3, 0.4) is 0 Å². The van der Waals surface area contributed by atoms with Gasteiger partial charge in [-0.3, -0.25) is 14.9 Å². The minimum atomic E-state index is -0.625. The zero-order chi connectivity index (χ0) is 25.7. The fraction of sp³-hybridized carbons (Fsp3) is 0.107. The van der Waals surface area contributed by atoms with Crippen molar-refractivity contribution in [2.45, 2.75) is 24.1 Å². The second-order valence-electron chi connectivity index (χ2n) is 8.09. The van der Waals surface area contributed by atoms with E-state index in [2.05, 4.69) is 11.4 Å². The predicted octanol–water partition coefficient (Wildman–Crippen LogP) is 6.62. The van der Waals surface area contributed by atoms with Crippen LogP contribution in [-0.2, 0) is 4.79 Å². The van der Waals surface area contributed by atoms with Crippen LogP contribution >= 0.6 is 11.8 Å². The number of amides is 1. The zero-order valence-electron chi connectivity index (χ0n) is 19.6. The van der Waals surface area contributed by atoms with E-state index in [-0.39, 0.29) is 11.6 Å². The van der Waals surface area contributed by atoms with E-state index in [1.165, 1.54) is 17.8 Å². The van der Waals surface area contributed by atoms with Gasteiger partial charge in [0.2, 0.25) is 5.91 Å². The zero-order valence-corrected chi connectivity index (χ0v) is 20.5. The fourth-order valence-electron chi connectivity index (χ4n) is 3.67. The second kappa shape index (κ2) is 10.8. The average molecular weight is 495 g/mol. The summed E-state index contributed by atoms with van der Waals surface area (Å²) in [6, 6.07) is 27.9. The van der Waals surface area contributed by atoms with Gasteiger partial charge >= 0.3 is 0 Å². The van der Waals surface area contributed by atoms with Crippen LogP contribution in [-0.4, -0.2) is 21.1 Å². The third kappa shape index (κ3) is 5.43. The highest BCUT2D eigenvalue weighted by atomic mass is 32.2. The van der Waals surface area contributed by atoms with Crippen molar-refractivity contribution in [1.82, 2.24) is 4.98 Å². The van der Waals surface area contributed by atoms with Gasteiger partial charge in [-0.15, -0.1) is 0 Å². The molecule has 4 aromatic rings. The lowest BCUT2D eigenvalue weighted by atomic mass is 9.99. The molecule has 1 aromatic heterocycles. The lowest BCUT2D eigenvalue weighted by molar-refractivity contribution is -0.385. The molecule has 0 saturated carbocycles. The lowest BCUT2D eigenvalue weighted by Gasteiger charge is -2.16. The number of benzene rings is 3. The summed E-state index contributed by atoms with van der Waals surface area (Å²) in [7, 11) is 0. The number of hydrogen-bond acceptors (Lipinski definition) is 6. The van der Waals surface area contributed by atoms with Crippen molar-refractivity contribution in [3.05, 3.63) is 106 Å². The van der Waals surface area contributed by atoms with Crippen LogP contribution in [0.1, 0.15) is 18.1 Å². The maximum Gasteiger partial charge on any atom is 0.274 e. The number of aromatic nitrogens is 1. The van der Waals surface area contributed by atoms with Gasteiger partial charge in [-0.1, -0.05) is 78.5 Å². The third-order valence-corrected chi connectivity index (χ3v) is 6.67. The average Bonchev–Trinajstić information content (AvgIpc) is 2.90. The summed E-state index contributed by atoms with van der Waals surface area (Å²) in [6.45, 7) is 3.35. The Labute approximate surface area is 213 Å². The minimum absolute atomic E-state index is 0.0652. The molecular weight excluding hydrogens is 472 g/mol. The molecule has 0 fully saturated rings. The predicted molar refractivity (Wildman–Crippen MR) is 142 cm³/mol. The molecule has 1 atom stereocenters. The molecule has 0 bridgehead atoms. The summed E-state index contributed by atoms with van der Waals surface area (Å²) < 4.78 is 0. The molecule has 0 aliphatic rings. The van der Waals surface area contributed by atoms with Gasteiger partial charge in [0, 0.05) is 28.4 Å². The summed E-state index contributed by atoms with van der Waals surface area (Å²) >= 11 is 1.17. The van der Waals surface area contributed by atoms with Crippen LogP contribution in [0.5, 0.6) is 0 Å². The quantitative estimate of drug-likeness (QED) is 0.176. The number of hydrogen-bond donors (Lipinski definition) is 1. The molecule has 4 rings (SSSR count). The van der Waals surface area contributed by atoms with Crippen molar-refractivity contribution in [3.63, 3.8) is 0 Å². The highest BCUT2D eigenvalue weighted by molar-refractivity contribution is 8.00. The van der Waals surface area contributed by atoms with Gasteiger partial charge in [0.25, 0.3) is 5.69 Å². The normalized spacial score (nSPS) is 11.4. The first-order chi connectivity index (χ1) is 17.4. The number of pyridine rings is 1. The van der Waals surface area contributed by atoms with E-state index in [1.807, 2.05) is 66.7 Å². The maximum absolute atomic E-state index is 13.0. The topological polar surface area (TPSA) is 109 Å².